The maximum Gasteiger partial charge on any atom is 0.294 e. The number of hydrogen-bond donors (Lipinski definition) is 1. The lowest BCUT2D eigenvalue weighted by molar-refractivity contribution is 0.134. The van der Waals surface area contributed by atoms with Crippen molar-refractivity contribution in [3.63, 3.8) is 0 Å². The van der Waals surface area contributed by atoms with Crippen molar-refractivity contribution in [2.45, 2.75) is 45.3 Å². The molecular weight excluding hydrogens is 262 g/mol. The van der Waals surface area contributed by atoms with Crippen LogP contribution in [0.5, 0.6) is 5.19 Å². The molecule has 108 valence electrons. The number of aromatic nitrogens is 2. The van der Waals surface area contributed by atoms with Crippen LogP contribution in [0.25, 0.3) is 0 Å². The van der Waals surface area contributed by atoms with E-state index in [1.807, 2.05) is 0 Å². The molecule has 0 unspecified atom stereocenters. The molecule has 1 saturated carbocycles. The number of rotatable bonds is 7. The summed E-state index contributed by atoms with van der Waals surface area (Å²) >= 11 is 1.54. The molecule has 19 heavy (non-hydrogen) atoms. The quantitative estimate of drug-likeness (QED) is 0.779. The van der Waals surface area contributed by atoms with Crippen LogP contribution in [0, 0.1) is 5.92 Å². The Morgan fingerprint density at radius 1 is 1.26 bits per heavy atom. The second kappa shape index (κ2) is 7.77. The third kappa shape index (κ3) is 5.04. The van der Waals surface area contributed by atoms with Crippen molar-refractivity contribution in [2.75, 3.05) is 20.3 Å². The largest absolute Gasteiger partial charge is 0.466 e. The highest BCUT2D eigenvalue weighted by atomic mass is 32.1. The lowest BCUT2D eigenvalue weighted by Gasteiger charge is -2.25. The molecule has 0 saturated heterocycles. The number of hydrogen-bond acceptors (Lipinski definition) is 6. The van der Waals surface area contributed by atoms with Gasteiger partial charge in [-0.2, -0.15) is 0 Å². The number of nitrogens with one attached hydrogen (secondary N) is 1. The summed E-state index contributed by atoms with van der Waals surface area (Å²) in [5, 5.41) is 13.2. The van der Waals surface area contributed by atoms with Gasteiger partial charge in [-0.05, 0) is 31.6 Å². The average Bonchev–Trinajstić information content (AvgIpc) is 2.85. The summed E-state index contributed by atoms with van der Waals surface area (Å²) in [5.74, 6) is 0.842. The first kappa shape index (κ1) is 14.7. The third-order valence-corrected chi connectivity index (χ3v) is 4.25. The maximum atomic E-state index is 5.90. The van der Waals surface area contributed by atoms with Crippen molar-refractivity contribution in [3.05, 3.63) is 5.01 Å². The first-order valence-electron chi connectivity index (χ1n) is 6.96. The Bertz CT molecular complexity index is 365. The molecule has 6 heteroatoms. The van der Waals surface area contributed by atoms with Crippen molar-refractivity contribution >= 4 is 11.3 Å². The zero-order valence-electron chi connectivity index (χ0n) is 11.7. The molecule has 1 N–H and O–H groups in total. The van der Waals surface area contributed by atoms with Crippen LogP contribution < -0.4 is 10.1 Å². The van der Waals surface area contributed by atoms with Gasteiger partial charge in [-0.25, -0.2) is 0 Å². The molecule has 0 aromatic carbocycles. The highest BCUT2D eigenvalue weighted by Gasteiger charge is 2.20. The van der Waals surface area contributed by atoms with Crippen LogP contribution in [0.4, 0.5) is 0 Å². The molecule has 0 amide bonds. The highest BCUT2D eigenvalue weighted by Crippen LogP contribution is 2.28. The van der Waals surface area contributed by atoms with Gasteiger partial charge in [0.15, 0.2) is 0 Å². The molecule has 0 spiro atoms. The molecular formula is C13H23N3O2S. The molecule has 1 fully saturated rings. The van der Waals surface area contributed by atoms with Gasteiger partial charge in [0.2, 0.25) is 0 Å². The molecule has 0 atom stereocenters. The summed E-state index contributed by atoms with van der Waals surface area (Å²) in [5.41, 5.74) is 0. The topological polar surface area (TPSA) is 56.3 Å². The summed E-state index contributed by atoms with van der Waals surface area (Å²) in [6.45, 7) is 4.58. The van der Waals surface area contributed by atoms with Gasteiger partial charge < -0.3 is 14.8 Å². The first-order valence-corrected chi connectivity index (χ1v) is 7.78. The van der Waals surface area contributed by atoms with Crippen LogP contribution in [0.2, 0.25) is 0 Å². The Balaban J connectivity index is 1.71. The highest BCUT2D eigenvalue weighted by molar-refractivity contribution is 7.13. The second-order valence-electron chi connectivity index (χ2n) is 5.13. The minimum atomic E-state index is 0.332. The van der Waals surface area contributed by atoms with E-state index in [-0.39, 0.29) is 0 Å². The van der Waals surface area contributed by atoms with E-state index in [4.69, 9.17) is 9.47 Å². The average molecular weight is 285 g/mol. The lowest BCUT2D eigenvalue weighted by Crippen LogP contribution is -2.22. The minimum absolute atomic E-state index is 0.332. The molecule has 1 aliphatic carbocycles. The fraction of sp³-hybridized carbons (Fsp3) is 0.846. The van der Waals surface area contributed by atoms with Crippen LogP contribution in [0.3, 0.4) is 0 Å². The van der Waals surface area contributed by atoms with E-state index in [1.54, 1.807) is 7.11 Å². The van der Waals surface area contributed by atoms with Gasteiger partial charge in [-0.15, -0.1) is 5.10 Å². The Kier molecular flexibility index (Phi) is 6.00. The molecule has 1 heterocycles. The fourth-order valence-electron chi connectivity index (χ4n) is 2.22. The number of methoxy groups -OCH3 is 1. The van der Waals surface area contributed by atoms with E-state index in [2.05, 4.69) is 22.4 Å². The van der Waals surface area contributed by atoms with Crippen molar-refractivity contribution in [1.29, 1.82) is 0 Å². The van der Waals surface area contributed by atoms with Gasteiger partial charge in [0.05, 0.1) is 6.61 Å². The molecule has 5 nitrogen and oxygen atoms in total. The summed E-state index contributed by atoms with van der Waals surface area (Å²) in [4.78, 5) is 0. The van der Waals surface area contributed by atoms with Gasteiger partial charge in [0, 0.05) is 20.2 Å². The van der Waals surface area contributed by atoms with Gasteiger partial charge in [0.1, 0.15) is 11.1 Å². The van der Waals surface area contributed by atoms with Gasteiger partial charge in [0.25, 0.3) is 5.19 Å². The summed E-state index contributed by atoms with van der Waals surface area (Å²) in [7, 11) is 1.70. The molecule has 1 aromatic rings. The zero-order valence-corrected chi connectivity index (χ0v) is 12.5. The smallest absolute Gasteiger partial charge is 0.294 e. The summed E-state index contributed by atoms with van der Waals surface area (Å²) in [6.07, 6.45) is 5.13. The van der Waals surface area contributed by atoms with Crippen LogP contribution in [-0.2, 0) is 11.3 Å². The lowest BCUT2D eigenvalue weighted by atomic mass is 9.89. The Labute approximate surface area is 118 Å². The van der Waals surface area contributed by atoms with Crippen molar-refractivity contribution in [1.82, 2.24) is 15.5 Å². The van der Waals surface area contributed by atoms with Gasteiger partial charge in [-0.3, -0.25) is 0 Å². The molecule has 0 aliphatic heterocycles. The monoisotopic (exact) mass is 285 g/mol. The summed E-state index contributed by atoms with van der Waals surface area (Å²) in [6, 6.07) is 0. The van der Waals surface area contributed by atoms with E-state index in [1.165, 1.54) is 24.2 Å². The second-order valence-corrected chi connectivity index (χ2v) is 6.16. The first-order chi connectivity index (χ1) is 9.28. The van der Waals surface area contributed by atoms with Crippen molar-refractivity contribution in [3.8, 4) is 5.19 Å². The predicted octanol–water partition coefficient (Wildman–Crippen LogP) is 2.23. The molecule has 1 aliphatic rings. The molecule has 0 radical (unpaired) electrons. The van der Waals surface area contributed by atoms with Crippen LogP contribution in [0.15, 0.2) is 0 Å². The zero-order chi connectivity index (χ0) is 13.5. The Hall–Kier alpha value is -0.720. The van der Waals surface area contributed by atoms with E-state index >= 15 is 0 Å². The van der Waals surface area contributed by atoms with E-state index in [0.29, 0.717) is 17.9 Å². The number of nitrogens with zero attached hydrogens (tertiary/aromatic N) is 2. The van der Waals surface area contributed by atoms with E-state index in [0.717, 1.165) is 36.9 Å². The van der Waals surface area contributed by atoms with E-state index < -0.39 is 0 Å². The SMILES string of the molecule is COCCNCc1nnc(OC2CCC(C)CC2)s1. The minimum Gasteiger partial charge on any atom is -0.466 e. The van der Waals surface area contributed by atoms with Crippen molar-refractivity contribution in [2.24, 2.45) is 5.92 Å². The Morgan fingerprint density at radius 2 is 2.05 bits per heavy atom. The van der Waals surface area contributed by atoms with Gasteiger partial charge in [-0.1, -0.05) is 23.4 Å². The third-order valence-electron chi connectivity index (χ3n) is 3.44. The molecule has 1 aromatic heterocycles. The fourth-order valence-corrected chi connectivity index (χ4v) is 2.94. The summed E-state index contributed by atoms with van der Waals surface area (Å²) < 4.78 is 10.9. The maximum absolute atomic E-state index is 5.90. The van der Waals surface area contributed by atoms with Crippen LogP contribution >= 0.6 is 11.3 Å². The molecule has 2 rings (SSSR count). The normalized spacial score (nSPS) is 23.5. The van der Waals surface area contributed by atoms with Crippen molar-refractivity contribution < 1.29 is 9.47 Å². The Morgan fingerprint density at radius 3 is 2.79 bits per heavy atom. The van der Waals surface area contributed by atoms with Crippen LogP contribution in [0.1, 0.15) is 37.6 Å². The predicted molar refractivity (Wildman–Crippen MR) is 75.5 cm³/mol. The standard InChI is InChI=1S/C13H23N3O2S/c1-10-3-5-11(6-4-10)18-13-16-15-12(19-13)9-14-7-8-17-2/h10-11,14H,3-9H2,1-2H3. The number of ether oxygens (including phenoxy) is 2. The molecule has 0 bridgehead atoms. The van der Waals surface area contributed by atoms with Gasteiger partial charge >= 0.3 is 0 Å². The van der Waals surface area contributed by atoms with Crippen LogP contribution in [-0.4, -0.2) is 36.6 Å². The van der Waals surface area contributed by atoms with E-state index in [9.17, 15) is 0 Å².